The molecule has 3 unspecified atom stereocenters. The van der Waals surface area contributed by atoms with Gasteiger partial charge in [0.05, 0.1) is 23.2 Å². The first-order valence-corrected chi connectivity index (χ1v) is 5.56. The molecule has 1 saturated carbocycles. The van der Waals surface area contributed by atoms with Crippen LogP contribution in [0.4, 0.5) is 13.2 Å². The molecule has 5 heteroatoms. The van der Waals surface area contributed by atoms with Crippen molar-refractivity contribution in [3.8, 4) is 6.07 Å². The van der Waals surface area contributed by atoms with Crippen LogP contribution in [-0.2, 0) is 11.8 Å². The zero-order valence-electron chi connectivity index (χ0n) is 9.70. The summed E-state index contributed by atoms with van der Waals surface area (Å²) in [5, 5.41) is 19.0. The maximum absolute atomic E-state index is 12.4. The standard InChI is InChI=1S/C13H12F3NO/c1-12(18,11-6-8(11)7-17)9-2-4-10(5-3-9)13(14,15)16/h2-5,8,11,18H,6H2,1H3. The molecule has 0 saturated heterocycles. The zero-order chi connectivity index (χ0) is 13.6. The van der Waals surface area contributed by atoms with E-state index < -0.39 is 17.3 Å². The lowest BCUT2D eigenvalue weighted by atomic mass is 9.89. The Hall–Kier alpha value is -1.54. The number of aliphatic hydroxyl groups is 1. The number of rotatable bonds is 2. The molecule has 18 heavy (non-hydrogen) atoms. The molecule has 1 aliphatic carbocycles. The van der Waals surface area contributed by atoms with Gasteiger partial charge in [0, 0.05) is 5.92 Å². The van der Waals surface area contributed by atoms with Crippen molar-refractivity contribution in [1.29, 1.82) is 5.26 Å². The van der Waals surface area contributed by atoms with E-state index in [1.165, 1.54) is 19.1 Å². The van der Waals surface area contributed by atoms with E-state index in [4.69, 9.17) is 5.26 Å². The van der Waals surface area contributed by atoms with Gasteiger partial charge in [-0.2, -0.15) is 18.4 Å². The van der Waals surface area contributed by atoms with Crippen molar-refractivity contribution in [3.05, 3.63) is 35.4 Å². The minimum absolute atomic E-state index is 0.195. The second kappa shape index (κ2) is 3.99. The van der Waals surface area contributed by atoms with E-state index in [0.717, 1.165) is 12.1 Å². The summed E-state index contributed by atoms with van der Waals surface area (Å²) in [5.74, 6) is -0.401. The van der Waals surface area contributed by atoms with Crippen LogP contribution in [0.25, 0.3) is 0 Å². The number of hydrogen-bond acceptors (Lipinski definition) is 2. The maximum atomic E-state index is 12.4. The summed E-state index contributed by atoms with van der Waals surface area (Å²) in [4.78, 5) is 0. The molecule has 1 aliphatic rings. The lowest BCUT2D eigenvalue weighted by Gasteiger charge is -2.24. The highest BCUT2D eigenvalue weighted by Crippen LogP contribution is 2.50. The predicted molar refractivity (Wildman–Crippen MR) is 58.2 cm³/mol. The van der Waals surface area contributed by atoms with Gasteiger partial charge in [0.1, 0.15) is 0 Å². The summed E-state index contributed by atoms with van der Waals surface area (Å²) in [6.45, 7) is 1.54. The van der Waals surface area contributed by atoms with Crippen molar-refractivity contribution >= 4 is 0 Å². The van der Waals surface area contributed by atoms with Crippen molar-refractivity contribution in [2.24, 2.45) is 11.8 Å². The molecule has 96 valence electrons. The highest BCUT2D eigenvalue weighted by Gasteiger charge is 2.50. The Balaban J connectivity index is 2.23. The first-order chi connectivity index (χ1) is 8.26. The van der Waals surface area contributed by atoms with Crippen LogP contribution in [0.3, 0.4) is 0 Å². The van der Waals surface area contributed by atoms with E-state index in [-0.39, 0.29) is 11.8 Å². The Morgan fingerprint density at radius 1 is 1.22 bits per heavy atom. The highest BCUT2D eigenvalue weighted by molar-refractivity contribution is 5.31. The van der Waals surface area contributed by atoms with E-state index in [1.54, 1.807) is 0 Å². The number of benzene rings is 1. The summed E-state index contributed by atoms with van der Waals surface area (Å²) >= 11 is 0. The van der Waals surface area contributed by atoms with Crippen molar-refractivity contribution in [2.75, 3.05) is 0 Å². The van der Waals surface area contributed by atoms with E-state index in [2.05, 4.69) is 6.07 Å². The van der Waals surface area contributed by atoms with Crippen LogP contribution < -0.4 is 0 Å². The normalized spacial score (nSPS) is 26.2. The minimum atomic E-state index is -4.38. The van der Waals surface area contributed by atoms with E-state index in [9.17, 15) is 18.3 Å². The second-order valence-electron chi connectivity index (χ2n) is 4.80. The molecule has 3 atom stereocenters. The molecule has 0 aliphatic heterocycles. The first kappa shape index (κ1) is 12.9. The molecular weight excluding hydrogens is 243 g/mol. The smallest absolute Gasteiger partial charge is 0.385 e. The fourth-order valence-corrected chi connectivity index (χ4v) is 2.17. The van der Waals surface area contributed by atoms with Gasteiger partial charge in [-0.05, 0) is 31.0 Å². The van der Waals surface area contributed by atoms with Crippen LogP contribution in [0.5, 0.6) is 0 Å². The quantitative estimate of drug-likeness (QED) is 0.882. The van der Waals surface area contributed by atoms with Gasteiger partial charge in [0.15, 0.2) is 0 Å². The van der Waals surface area contributed by atoms with Gasteiger partial charge < -0.3 is 5.11 Å². The Morgan fingerprint density at radius 2 is 1.72 bits per heavy atom. The van der Waals surface area contributed by atoms with Crippen molar-refractivity contribution in [1.82, 2.24) is 0 Å². The number of nitriles is 1. The lowest BCUT2D eigenvalue weighted by molar-refractivity contribution is -0.137. The van der Waals surface area contributed by atoms with Crippen LogP contribution >= 0.6 is 0 Å². The summed E-state index contributed by atoms with van der Waals surface area (Å²) in [6.07, 6.45) is -3.79. The molecule has 0 radical (unpaired) electrons. The molecule has 2 rings (SSSR count). The molecule has 2 nitrogen and oxygen atoms in total. The minimum Gasteiger partial charge on any atom is -0.385 e. The third kappa shape index (κ3) is 2.21. The van der Waals surface area contributed by atoms with Gasteiger partial charge in [-0.3, -0.25) is 0 Å². The average Bonchev–Trinajstić information content (AvgIpc) is 3.08. The zero-order valence-corrected chi connectivity index (χ0v) is 9.70. The van der Waals surface area contributed by atoms with E-state index in [0.29, 0.717) is 12.0 Å². The van der Waals surface area contributed by atoms with Gasteiger partial charge in [-0.15, -0.1) is 0 Å². The lowest BCUT2D eigenvalue weighted by Crippen LogP contribution is -2.25. The number of halogens is 3. The molecular formula is C13H12F3NO. The van der Waals surface area contributed by atoms with Crippen LogP contribution in [0.15, 0.2) is 24.3 Å². The molecule has 0 amide bonds. The molecule has 0 spiro atoms. The molecule has 0 aromatic heterocycles. The van der Waals surface area contributed by atoms with Crippen LogP contribution in [0, 0.1) is 23.2 Å². The molecule has 0 bridgehead atoms. The van der Waals surface area contributed by atoms with Crippen molar-refractivity contribution in [3.63, 3.8) is 0 Å². The third-order valence-electron chi connectivity index (χ3n) is 3.47. The first-order valence-electron chi connectivity index (χ1n) is 5.56. The number of nitrogens with zero attached hydrogens (tertiary/aromatic N) is 1. The molecule has 1 fully saturated rings. The van der Waals surface area contributed by atoms with E-state index >= 15 is 0 Å². The predicted octanol–water partition coefficient (Wildman–Crippen LogP) is 3.07. The van der Waals surface area contributed by atoms with Crippen LogP contribution in [0.2, 0.25) is 0 Å². The van der Waals surface area contributed by atoms with Crippen LogP contribution in [0.1, 0.15) is 24.5 Å². The van der Waals surface area contributed by atoms with Gasteiger partial charge in [-0.25, -0.2) is 0 Å². The van der Waals surface area contributed by atoms with Gasteiger partial charge in [0.25, 0.3) is 0 Å². The van der Waals surface area contributed by atoms with E-state index in [1.807, 2.05) is 0 Å². The number of hydrogen-bond donors (Lipinski definition) is 1. The Kier molecular flexibility index (Phi) is 2.86. The second-order valence-corrected chi connectivity index (χ2v) is 4.80. The summed E-state index contributed by atoms with van der Waals surface area (Å²) in [6, 6.07) is 6.51. The van der Waals surface area contributed by atoms with Gasteiger partial charge >= 0.3 is 6.18 Å². The number of alkyl halides is 3. The topological polar surface area (TPSA) is 44.0 Å². The summed E-state index contributed by atoms with van der Waals surface area (Å²) in [7, 11) is 0. The SMILES string of the molecule is CC(O)(c1ccc(C(F)(F)F)cc1)C1CC1C#N. The Labute approximate surface area is 103 Å². The summed E-state index contributed by atoms with van der Waals surface area (Å²) < 4.78 is 37.2. The summed E-state index contributed by atoms with van der Waals surface area (Å²) in [5.41, 5.74) is -1.57. The Bertz CT molecular complexity index is 484. The molecule has 1 aromatic rings. The average molecular weight is 255 g/mol. The van der Waals surface area contributed by atoms with Gasteiger partial charge in [0.2, 0.25) is 0 Å². The monoisotopic (exact) mass is 255 g/mol. The largest absolute Gasteiger partial charge is 0.416 e. The van der Waals surface area contributed by atoms with Gasteiger partial charge in [-0.1, -0.05) is 12.1 Å². The maximum Gasteiger partial charge on any atom is 0.416 e. The fraction of sp³-hybridized carbons (Fsp3) is 0.462. The molecule has 1 aromatic carbocycles. The highest BCUT2D eigenvalue weighted by atomic mass is 19.4. The van der Waals surface area contributed by atoms with Crippen molar-refractivity contribution in [2.45, 2.75) is 25.1 Å². The molecule has 1 N–H and O–H groups in total. The molecule has 0 heterocycles. The third-order valence-corrected chi connectivity index (χ3v) is 3.47. The fourth-order valence-electron chi connectivity index (χ4n) is 2.17. The Morgan fingerprint density at radius 3 is 2.11 bits per heavy atom. The van der Waals surface area contributed by atoms with Crippen LogP contribution in [-0.4, -0.2) is 5.11 Å². The van der Waals surface area contributed by atoms with Crippen molar-refractivity contribution < 1.29 is 18.3 Å².